The Morgan fingerprint density at radius 3 is 2.48 bits per heavy atom. The van der Waals surface area contributed by atoms with Crippen molar-refractivity contribution in [1.29, 1.82) is 0 Å². The van der Waals surface area contributed by atoms with Crippen LogP contribution in [0.15, 0.2) is 18.2 Å². The van der Waals surface area contributed by atoms with Crippen LogP contribution in [0.2, 0.25) is 0 Å². The Morgan fingerprint density at radius 1 is 1.24 bits per heavy atom. The third-order valence-electron chi connectivity index (χ3n) is 3.09. The van der Waals surface area contributed by atoms with Crippen molar-refractivity contribution in [2.45, 2.75) is 39.7 Å². The van der Waals surface area contributed by atoms with Crippen molar-refractivity contribution in [2.24, 2.45) is 0 Å². The number of carbonyl (C=O) groups excluding carboxylic acids is 1. The lowest BCUT2D eigenvalue weighted by Gasteiger charge is -2.18. The molecule has 0 aliphatic rings. The van der Waals surface area contributed by atoms with Crippen LogP contribution in [-0.2, 0) is 9.53 Å². The molecule has 1 atom stereocenters. The Bertz CT molecular complexity index is 469. The summed E-state index contributed by atoms with van der Waals surface area (Å²) in [5.74, 6) is 0.784. The van der Waals surface area contributed by atoms with Crippen LogP contribution in [0, 0.1) is 6.92 Å². The van der Waals surface area contributed by atoms with Crippen LogP contribution in [0.1, 0.15) is 37.8 Å². The lowest BCUT2D eigenvalue weighted by atomic mass is 10.0. The van der Waals surface area contributed by atoms with Gasteiger partial charge in [0.05, 0.1) is 0 Å². The molecule has 118 valence electrons. The number of hydrogen-bond donors (Lipinski definition) is 0. The van der Waals surface area contributed by atoms with E-state index in [1.54, 1.807) is 0 Å². The summed E-state index contributed by atoms with van der Waals surface area (Å²) in [5, 5.41) is 0. The molecule has 0 saturated carbocycles. The van der Waals surface area contributed by atoms with Gasteiger partial charge >= 0.3 is 5.97 Å². The van der Waals surface area contributed by atoms with Crippen molar-refractivity contribution in [1.82, 2.24) is 4.90 Å². The van der Waals surface area contributed by atoms with E-state index >= 15 is 0 Å². The van der Waals surface area contributed by atoms with Gasteiger partial charge in [0.2, 0.25) is 0 Å². The molecule has 1 unspecified atom stereocenters. The number of esters is 1. The van der Waals surface area contributed by atoms with Crippen LogP contribution >= 0.6 is 0 Å². The second-order valence-electron chi connectivity index (χ2n) is 6.05. The lowest BCUT2D eigenvalue weighted by molar-refractivity contribution is -0.151. The summed E-state index contributed by atoms with van der Waals surface area (Å²) in [7, 11) is 3.89. The maximum absolute atomic E-state index is 11.8. The van der Waals surface area contributed by atoms with Gasteiger partial charge in [-0.05, 0) is 51.1 Å². The lowest BCUT2D eigenvalue weighted by Crippen LogP contribution is -2.29. The molecule has 1 aromatic carbocycles. The molecule has 1 aromatic rings. The van der Waals surface area contributed by atoms with E-state index in [9.17, 15) is 4.79 Å². The molecule has 0 heterocycles. The van der Waals surface area contributed by atoms with Gasteiger partial charge in [-0.25, -0.2) is 4.79 Å². The fourth-order valence-electron chi connectivity index (χ4n) is 2.19. The number of rotatable bonds is 7. The van der Waals surface area contributed by atoms with Crippen LogP contribution < -0.4 is 4.74 Å². The average Bonchev–Trinajstić information content (AvgIpc) is 2.34. The highest BCUT2D eigenvalue weighted by molar-refractivity contribution is 5.71. The Kier molecular flexibility index (Phi) is 6.69. The summed E-state index contributed by atoms with van der Waals surface area (Å²) in [6, 6.07) is 6.07. The topological polar surface area (TPSA) is 38.8 Å². The summed E-state index contributed by atoms with van der Waals surface area (Å²) >= 11 is 0. The largest absolute Gasteiger partial charge is 0.482 e. The maximum atomic E-state index is 11.8. The first kappa shape index (κ1) is 17.5. The molecule has 0 fully saturated rings. The molecule has 21 heavy (non-hydrogen) atoms. The minimum atomic E-state index is -0.333. The predicted molar refractivity (Wildman–Crippen MR) is 84.9 cm³/mol. The zero-order valence-corrected chi connectivity index (χ0v) is 14.0. The van der Waals surface area contributed by atoms with Crippen molar-refractivity contribution in [3.05, 3.63) is 29.3 Å². The summed E-state index contributed by atoms with van der Waals surface area (Å²) in [5.41, 5.74) is 2.22. The summed E-state index contributed by atoms with van der Waals surface area (Å²) in [6.07, 6.45) is -0.141. The first-order valence-electron chi connectivity index (χ1n) is 7.37. The number of nitrogens with zero attached hydrogens (tertiary/aromatic N) is 1. The zero-order chi connectivity index (χ0) is 16.0. The van der Waals surface area contributed by atoms with Crippen LogP contribution in [0.4, 0.5) is 0 Å². The van der Waals surface area contributed by atoms with Gasteiger partial charge in [-0.3, -0.25) is 0 Å². The quantitative estimate of drug-likeness (QED) is 0.724. The first-order chi connectivity index (χ1) is 9.79. The molecule has 0 bridgehead atoms. The summed E-state index contributed by atoms with van der Waals surface area (Å²) in [6.45, 7) is 8.75. The number of aryl methyl sites for hydroxylation is 1. The highest BCUT2D eigenvalue weighted by Gasteiger charge is 2.13. The van der Waals surface area contributed by atoms with E-state index in [1.165, 1.54) is 0 Å². The molecule has 0 N–H and O–H groups in total. The molecular formula is C17H27NO3. The van der Waals surface area contributed by atoms with Crippen molar-refractivity contribution < 1.29 is 14.3 Å². The number of carbonyl (C=O) groups is 1. The molecule has 0 spiro atoms. The van der Waals surface area contributed by atoms with Gasteiger partial charge in [-0.1, -0.05) is 26.0 Å². The fourth-order valence-corrected chi connectivity index (χ4v) is 2.19. The van der Waals surface area contributed by atoms with E-state index in [0.29, 0.717) is 12.5 Å². The second kappa shape index (κ2) is 8.03. The molecule has 4 nitrogen and oxygen atoms in total. The third kappa shape index (κ3) is 6.17. The second-order valence-corrected chi connectivity index (χ2v) is 6.05. The molecule has 4 heteroatoms. The van der Waals surface area contributed by atoms with Crippen molar-refractivity contribution in [3.8, 4) is 5.75 Å². The number of ether oxygens (including phenoxy) is 2. The van der Waals surface area contributed by atoms with E-state index < -0.39 is 0 Å². The number of hydrogen-bond acceptors (Lipinski definition) is 4. The van der Waals surface area contributed by atoms with Gasteiger partial charge in [0.15, 0.2) is 6.61 Å². The smallest absolute Gasteiger partial charge is 0.344 e. The zero-order valence-electron chi connectivity index (χ0n) is 14.0. The van der Waals surface area contributed by atoms with E-state index in [1.807, 2.05) is 38.9 Å². The van der Waals surface area contributed by atoms with Gasteiger partial charge < -0.3 is 14.4 Å². The summed E-state index contributed by atoms with van der Waals surface area (Å²) < 4.78 is 11.0. The Balaban J connectivity index is 2.58. The fraction of sp³-hybridized carbons (Fsp3) is 0.588. The minimum absolute atomic E-state index is 0.0546. The van der Waals surface area contributed by atoms with Gasteiger partial charge in [-0.15, -0.1) is 0 Å². The van der Waals surface area contributed by atoms with Crippen LogP contribution in [-0.4, -0.2) is 44.2 Å². The van der Waals surface area contributed by atoms with Crippen LogP contribution in [0.5, 0.6) is 5.75 Å². The maximum Gasteiger partial charge on any atom is 0.344 e. The van der Waals surface area contributed by atoms with E-state index in [-0.39, 0.29) is 18.7 Å². The minimum Gasteiger partial charge on any atom is -0.482 e. The third-order valence-corrected chi connectivity index (χ3v) is 3.09. The standard InChI is InChI=1S/C17H27NO3/c1-12(2)15-8-7-13(3)9-16(15)20-11-17(19)21-14(4)10-18(5)6/h7-9,12,14H,10-11H2,1-6H3. The molecule has 0 amide bonds. The van der Waals surface area contributed by atoms with E-state index in [0.717, 1.165) is 16.9 Å². The van der Waals surface area contributed by atoms with E-state index in [4.69, 9.17) is 9.47 Å². The summed E-state index contributed by atoms with van der Waals surface area (Å²) in [4.78, 5) is 13.8. The van der Waals surface area contributed by atoms with Crippen LogP contribution in [0.25, 0.3) is 0 Å². The normalized spacial score (nSPS) is 12.6. The molecule has 0 aliphatic heterocycles. The van der Waals surface area contributed by atoms with Crippen molar-refractivity contribution in [2.75, 3.05) is 27.2 Å². The number of benzene rings is 1. The average molecular weight is 293 g/mol. The van der Waals surface area contributed by atoms with Crippen molar-refractivity contribution >= 4 is 5.97 Å². The Labute approximate surface area is 128 Å². The van der Waals surface area contributed by atoms with Gasteiger partial charge in [0.25, 0.3) is 0 Å². The molecule has 0 radical (unpaired) electrons. The monoisotopic (exact) mass is 293 g/mol. The van der Waals surface area contributed by atoms with Gasteiger partial charge in [-0.2, -0.15) is 0 Å². The Hall–Kier alpha value is -1.55. The van der Waals surface area contributed by atoms with E-state index in [2.05, 4.69) is 26.0 Å². The first-order valence-corrected chi connectivity index (χ1v) is 7.37. The molecule has 0 aromatic heterocycles. The van der Waals surface area contributed by atoms with Gasteiger partial charge in [0, 0.05) is 6.54 Å². The molecule has 0 aliphatic carbocycles. The number of likely N-dealkylation sites (N-methyl/N-ethyl adjacent to an activating group) is 1. The highest BCUT2D eigenvalue weighted by Crippen LogP contribution is 2.27. The molecular weight excluding hydrogens is 266 g/mol. The Morgan fingerprint density at radius 2 is 1.90 bits per heavy atom. The predicted octanol–water partition coefficient (Wildman–Crippen LogP) is 2.99. The van der Waals surface area contributed by atoms with Crippen molar-refractivity contribution in [3.63, 3.8) is 0 Å². The SMILES string of the molecule is Cc1ccc(C(C)C)c(OCC(=O)OC(C)CN(C)C)c1. The van der Waals surface area contributed by atoms with Gasteiger partial charge in [0.1, 0.15) is 11.9 Å². The van der Waals surface area contributed by atoms with Crippen LogP contribution in [0.3, 0.4) is 0 Å². The molecule has 1 rings (SSSR count). The molecule has 0 saturated heterocycles. The highest BCUT2D eigenvalue weighted by atomic mass is 16.6.